The average molecular weight is 498 g/mol. The number of hydrogen-bond acceptors (Lipinski definition) is 3. The highest BCUT2D eigenvalue weighted by molar-refractivity contribution is 5.77. The van der Waals surface area contributed by atoms with Gasteiger partial charge in [0.05, 0.1) is 17.6 Å². The Morgan fingerprint density at radius 1 is 1.00 bits per heavy atom. The Hall–Kier alpha value is -3.76. The van der Waals surface area contributed by atoms with Gasteiger partial charge in [0.2, 0.25) is 5.95 Å². The Bertz CT molecular complexity index is 1420. The van der Waals surface area contributed by atoms with Crippen molar-refractivity contribution in [2.45, 2.75) is 31.1 Å². The van der Waals surface area contributed by atoms with Crippen LogP contribution in [0.4, 0.5) is 20.4 Å². The summed E-state index contributed by atoms with van der Waals surface area (Å²) in [5.74, 6) is -0.392. The van der Waals surface area contributed by atoms with Crippen LogP contribution in [-0.2, 0) is 5.41 Å². The number of fused-ring (bicyclic) bond motifs is 1. The van der Waals surface area contributed by atoms with Crippen molar-refractivity contribution in [3.05, 3.63) is 89.3 Å². The van der Waals surface area contributed by atoms with Gasteiger partial charge in [-0.05, 0) is 67.4 Å². The standard InChI is InChI=1S/C30H29F2N5/c1-33-24-4-2-3-22(15-24)21-7-9-23(10-8-21)30(11-13-37(14-12-30)18-20-5-6-20)19-34-29-35-27-16-25(31)26(32)17-28(27)36-29/h2-4,7-10,15-17,20H,5-6,11-14,18-19H2,(H2,34,35,36). The lowest BCUT2D eigenvalue weighted by molar-refractivity contribution is 0.159. The molecule has 5 nitrogen and oxygen atoms in total. The van der Waals surface area contributed by atoms with Gasteiger partial charge in [-0.3, -0.25) is 0 Å². The van der Waals surface area contributed by atoms with E-state index in [1.165, 1.54) is 24.9 Å². The van der Waals surface area contributed by atoms with E-state index in [1.54, 1.807) is 0 Å². The number of nitrogens with one attached hydrogen (secondary N) is 2. The number of rotatable bonds is 7. The Labute approximate surface area is 215 Å². The van der Waals surface area contributed by atoms with Gasteiger partial charge in [0.15, 0.2) is 17.3 Å². The van der Waals surface area contributed by atoms with Crippen LogP contribution in [0, 0.1) is 24.1 Å². The van der Waals surface area contributed by atoms with Crippen LogP contribution < -0.4 is 5.32 Å². The fourth-order valence-electron chi connectivity index (χ4n) is 5.51. The number of aromatic nitrogens is 2. The van der Waals surface area contributed by atoms with E-state index in [-0.39, 0.29) is 5.41 Å². The molecule has 0 radical (unpaired) electrons. The summed E-state index contributed by atoms with van der Waals surface area (Å²) in [6.45, 7) is 11.3. The number of benzene rings is 3. The number of aromatic amines is 1. The second-order valence-electron chi connectivity index (χ2n) is 10.5. The third kappa shape index (κ3) is 4.94. The minimum absolute atomic E-state index is 0.0909. The van der Waals surface area contributed by atoms with E-state index in [0.717, 1.165) is 55.1 Å². The topological polar surface area (TPSA) is 48.3 Å². The fraction of sp³-hybridized carbons (Fsp3) is 0.333. The van der Waals surface area contributed by atoms with Gasteiger partial charge in [-0.1, -0.05) is 42.5 Å². The molecule has 2 heterocycles. The van der Waals surface area contributed by atoms with E-state index in [1.807, 2.05) is 24.3 Å². The van der Waals surface area contributed by atoms with Crippen molar-refractivity contribution in [3.63, 3.8) is 0 Å². The lowest BCUT2D eigenvalue weighted by Crippen LogP contribution is -2.46. The molecule has 1 aliphatic heterocycles. The number of H-pyrrole nitrogens is 1. The first-order chi connectivity index (χ1) is 18.0. The van der Waals surface area contributed by atoms with Crippen LogP contribution in [0.25, 0.3) is 27.0 Å². The lowest BCUT2D eigenvalue weighted by Gasteiger charge is -2.42. The molecule has 37 heavy (non-hydrogen) atoms. The molecule has 1 aromatic heterocycles. The van der Waals surface area contributed by atoms with Crippen molar-refractivity contribution in [2.24, 2.45) is 5.92 Å². The molecule has 6 rings (SSSR count). The highest BCUT2D eigenvalue weighted by atomic mass is 19.2. The molecule has 1 saturated heterocycles. The number of anilines is 1. The zero-order chi connectivity index (χ0) is 25.4. The maximum Gasteiger partial charge on any atom is 0.201 e. The molecule has 188 valence electrons. The van der Waals surface area contributed by atoms with Gasteiger partial charge in [0.25, 0.3) is 0 Å². The van der Waals surface area contributed by atoms with Crippen molar-refractivity contribution in [1.82, 2.24) is 14.9 Å². The average Bonchev–Trinajstić information content (AvgIpc) is 3.66. The monoisotopic (exact) mass is 497 g/mol. The fourth-order valence-corrected chi connectivity index (χ4v) is 5.51. The molecule has 1 saturated carbocycles. The number of imidazole rings is 1. The van der Waals surface area contributed by atoms with Gasteiger partial charge in [-0.2, -0.15) is 0 Å². The molecule has 0 bridgehead atoms. The quantitative estimate of drug-likeness (QED) is 0.273. The molecule has 7 heteroatoms. The van der Waals surface area contributed by atoms with Crippen molar-refractivity contribution in [2.75, 3.05) is 31.5 Å². The van der Waals surface area contributed by atoms with Crippen LogP contribution >= 0.6 is 0 Å². The number of halogens is 2. The molecule has 1 aliphatic carbocycles. The molecular weight excluding hydrogens is 468 g/mol. The van der Waals surface area contributed by atoms with Crippen molar-refractivity contribution in [1.29, 1.82) is 0 Å². The minimum atomic E-state index is -0.896. The maximum absolute atomic E-state index is 13.7. The van der Waals surface area contributed by atoms with Crippen LogP contribution in [0.1, 0.15) is 31.2 Å². The summed E-state index contributed by atoms with van der Waals surface area (Å²) in [7, 11) is 0. The predicted molar refractivity (Wildman–Crippen MR) is 143 cm³/mol. The van der Waals surface area contributed by atoms with E-state index < -0.39 is 11.6 Å². The van der Waals surface area contributed by atoms with Crippen LogP contribution in [0.15, 0.2) is 60.7 Å². The molecule has 0 spiro atoms. The van der Waals surface area contributed by atoms with Gasteiger partial charge in [-0.15, -0.1) is 0 Å². The van der Waals surface area contributed by atoms with E-state index >= 15 is 0 Å². The Kier molecular flexibility index (Phi) is 6.13. The zero-order valence-electron chi connectivity index (χ0n) is 20.6. The summed E-state index contributed by atoms with van der Waals surface area (Å²) in [6, 6.07) is 18.7. The van der Waals surface area contributed by atoms with Crippen LogP contribution in [0.2, 0.25) is 0 Å². The summed E-state index contributed by atoms with van der Waals surface area (Å²) < 4.78 is 27.4. The lowest BCUT2D eigenvalue weighted by atomic mass is 9.72. The Balaban J connectivity index is 1.25. The van der Waals surface area contributed by atoms with Gasteiger partial charge < -0.3 is 15.2 Å². The van der Waals surface area contributed by atoms with Crippen molar-refractivity contribution >= 4 is 22.7 Å². The predicted octanol–water partition coefficient (Wildman–Crippen LogP) is 6.91. The van der Waals surface area contributed by atoms with E-state index in [0.29, 0.717) is 29.2 Å². The number of piperidine rings is 1. The first-order valence-electron chi connectivity index (χ1n) is 12.9. The Morgan fingerprint density at radius 2 is 1.76 bits per heavy atom. The van der Waals surface area contributed by atoms with Gasteiger partial charge >= 0.3 is 0 Å². The molecular formula is C30H29F2N5. The third-order valence-electron chi connectivity index (χ3n) is 7.95. The SMILES string of the molecule is [C-]#[N+]c1cccc(-c2ccc(C3(CNc4nc5cc(F)c(F)cc5[nH]4)CCN(CC4CC4)CC3)cc2)c1. The summed E-state index contributed by atoms with van der Waals surface area (Å²) >= 11 is 0. The summed E-state index contributed by atoms with van der Waals surface area (Å²) in [5, 5.41) is 3.45. The molecule has 0 unspecified atom stereocenters. The summed E-state index contributed by atoms with van der Waals surface area (Å²) in [5.41, 5.74) is 4.81. The van der Waals surface area contributed by atoms with E-state index in [9.17, 15) is 8.78 Å². The number of hydrogen-bond donors (Lipinski definition) is 2. The second kappa shape index (κ2) is 9.60. The Morgan fingerprint density at radius 3 is 2.49 bits per heavy atom. The normalized spacial score (nSPS) is 17.5. The van der Waals surface area contributed by atoms with Gasteiger partial charge in [0, 0.05) is 30.6 Å². The van der Waals surface area contributed by atoms with Crippen molar-refractivity contribution in [3.8, 4) is 11.1 Å². The molecule has 4 aromatic rings. The number of likely N-dealkylation sites (tertiary alicyclic amines) is 1. The molecule has 2 fully saturated rings. The van der Waals surface area contributed by atoms with Crippen LogP contribution in [0.3, 0.4) is 0 Å². The minimum Gasteiger partial charge on any atom is -0.355 e. The highest BCUT2D eigenvalue weighted by Gasteiger charge is 2.37. The number of nitrogens with zero attached hydrogens (tertiary/aromatic N) is 3. The van der Waals surface area contributed by atoms with Crippen LogP contribution in [-0.4, -0.2) is 41.0 Å². The van der Waals surface area contributed by atoms with E-state index in [2.05, 4.69) is 49.3 Å². The molecule has 0 amide bonds. The highest BCUT2D eigenvalue weighted by Crippen LogP contribution is 2.39. The molecule has 3 aromatic carbocycles. The second-order valence-corrected chi connectivity index (χ2v) is 10.5. The van der Waals surface area contributed by atoms with Gasteiger partial charge in [-0.25, -0.2) is 18.6 Å². The van der Waals surface area contributed by atoms with Crippen molar-refractivity contribution < 1.29 is 8.78 Å². The molecule has 2 N–H and O–H groups in total. The molecule has 0 atom stereocenters. The van der Waals surface area contributed by atoms with E-state index in [4.69, 9.17) is 6.57 Å². The first kappa shape index (κ1) is 23.6. The first-order valence-corrected chi connectivity index (χ1v) is 12.9. The maximum atomic E-state index is 13.7. The zero-order valence-corrected chi connectivity index (χ0v) is 20.6. The van der Waals surface area contributed by atoms with Crippen LogP contribution in [0.5, 0.6) is 0 Å². The van der Waals surface area contributed by atoms with Gasteiger partial charge in [0.1, 0.15) is 0 Å². The summed E-state index contributed by atoms with van der Waals surface area (Å²) in [6.07, 6.45) is 4.74. The summed E-state index contributed by atoms with van der Waals surface area (Å²) in [4.78, 5) is 13.7. The smallest absolute Gasteiger partial charge is 0.201 e. The third-order valence-corrected chi connectivity index (χ3v) is 7.95. The molecule has 2 aliphatic rings. The largest absolute Gasteiger partial charge is 0.355 e.